The van der Waals surface area contributed by atoms with Crippen LogP contribution in [-0.4, -0.2) is 102 Å². The quantitative estimate of drug-likeness (QED) is 0.369. The molecule has 4 rings (SSSR count). The molecule has 0 saturated carbocycles. The molecule has 4 heterocycles. The Morgan fingerprint density at radius 1 is 0.979 bits per heavy atom. The van der Waals surface area contributed by atoms with Crippen molar-refractivity contribution in [3.05, 3.63) is 0 Å². The Labute approximate surface area is 283 Å². The van der Waals surface area contributed by atoms with Crippen molar-refractivity contribution in [1.82, 2.24) is 4.90 Å². The van der Waals surface area contributed by atoms with Crippen LogP contribution < -0.4 is 0 Å². The molecular weight excluding hydrogens is 600 g/mol. The number of esters is 1. The Morgan fingerprint density at radius 3 is 2.15 bits per heavy atom. The van der Waals surface area contributed by atoms with Crippen molar-refractivity contribution >= 4 is 17.8 Å². The molecule has 0 aromatic carbocycles. The number of methoxy groups -OCH3 is 2. The van der Waals surface area contributed by atoms with E-state index in [2.05, 4.69) is 48.5 Å². The maximum atomic E-state index is 14.5. The minimum absolute atomic E-state index is 0.0213. The average molecular weight is 665 g/mol. The van der Waals surface area contributed by atoms with Gasteiger partial charge in [-0.1, -0.05) is 55.4 Å². The normalized spacial score (nSPS) is 47.0. The summed E-state index contributed by atoms with van der Waals surface area (Å²) in [5.74, 6) is -1.42. The number of carbonyl (C=O) groups is 2. The van der Waals surface area contributed by atoms with Crippen LogP contribution in [0, 0.1) is 40.9 Å². The van der Waals surface area contributed by atoms with Crippen LogP contribution in [0.5, 0.6) is 0 Å². The van der Waals surface area contributed by atoms with E-state index in [0.29, 0.717) is 32.4 Å². The van der Waals surface area contributed by atoms with Crippen molar-refractivity contribution < 1.29 is 38.4 Å². The molecule has 0 aromatic rings. The van der Waals surface area contributed by atoms with Gasteiger partial charge in [-0.25, -0.2) is 4.79 Å². The van der Waals surface area contributed by atoms with Crippen LogP contribution in [0.3, 0.4) is 0 Å². The second-order valence-electron chi connectivity index (χ2n) is 16.9. The highest BCUT2D eigenvalue weighted by Gasteiger charge is 2.61. The van der Waals surface area contributed by atoms with Crippen LogP contribution in [0.15, 0.2) is 4.99 Å². The third kappa shape index (κ3) is 6.62. The number of ether oxygens (including phenoxy) is 5. The third-order valence-electron chi connectivity index (χ3n) is 12.6. The zero-order valence-electron chi connectivity index (χ0n) is 31.6. The molecule has 47 heavy (non-hydrogen) atoms. The van der Waals surface area contributed by atoms with Gasteiger partial charge < -0.3 is 28.8 Å². The number of fused-ring (bicyclic) bond motifs is 1. The number of rotatable bonds is 4. The van der Waals surface area contributed by atoms with Gasteiger partial charge in [-0.15, -0.1) is 0 Å². The lowest BCUT2D eigenvalue weighted by atomic mass is 9.57. The number of aliphatic imine (C=N–C) groups is 1. The Hall–Kier alpha value is -1.75. The van der Waals surface area contributed by atoms with Gasteiger partial charge in [0.1, 0.15) is 12.2 Å². The molecule has 0 aliphatic carbocycles. The van der Waals surface area contributed by atoms with Crippen molar-refractivity contribution in [3.8, 4) is 0 Å². The highest BCUT2D eigenvalue weighted by Crippen LogP contribution is 2.52. The van der Waals surface area contributed by atoms with E-state index < -0.39 is 47.1 Å². The molecule has 0 aromatic heterocycles. The van der Waals surface area contributed by atoms with E-state index in [1.165, 1.54) is 0 Å². The molecule has 0 spiro atoms. The molecule has 4 aliphatic heterocycles. The first-order valence-electron chi connectivity index (χ1n) is 17.9. The first-order valence-corrected chi connectivity index (χ1v) is 17.9. The van der Waals surface area contributed by atoms with Crippen molar-refractivity contribution in [2.45, 2.75) is 150 Å². The fourth-order valence-electron chi connectivity index (χ4n) is 10.7. The van der Waals surface area contributed by atoms with Gasteiger partial charge in [0.25, 0.3) is 0 Å². The Kier molecular flexibility index (Phi) is 10.9. The maximum absolute atomic E-state index is 14.5. The molecule has 3 fully saturated rings. The van der Waals surface area contributed by atoms with E-state index in [1.54, 1.807) is 19.1 Å². The standard InChI is InChI=1S/C37H64N2O8/c1-15-26-37(12)30-23(5)28(38-16-17-39(30)33(42)47-37)20(2)18-35(10,43-13)29(34(7,8)9)21(3)27(22(4)32(41)46-26)25-19-36(11,44-14)31(40)24(6)45-25/h20-27,29-31,40H,15-19H2,1-14H3/t20-,21+,22-,23+,24+,25?,26-,27+,29+,30-,31+,35-,36-,37-/m1/s1. The summed E-state index contributed by atoms with van der Waals surface area (Å²) in [4.78, 5) is 34.9. The van der Waals surface area contributed by atoms with Crippen LogP contribution in [0.2, 0.25) is 0 Å². The van der Waals surface area contributed by atoms with Gasteiger partial charge in [0.15, 0.2) is 5.60 Å². The van der Waals surface area contributed by atoms with E-state index in [-0.39, 0.29) is 53.1 Å². The highest BCUT2D eigenvalue weighted by molar-refractivity contribution is 5.91. The summed E-state index contributed by atoms with van der Waals surface area (Å²) in [6.45, 7) is 26.1. The summed E-state index contributed by atoms with van der Waals surface area (Å²) >= 11 is 0. The van der Waals surface area contributed by atoms with Gasteiger partial charge in [0, 0.05) is 44.7 Å². The molecule has 14 atom stereocenters. The number of aliphatic hydroxyl groups is 1. The summed E-state index contributed by atoms with van der Waals surface area (Å²) in [5, 5.41) is 11.1. The van der Waals surface area contributed by atoms with Crippen molar-refractivity contribution in [2.24, 2.45) is 45.9 Å². The molecule has 2 bridgehead atoms. The molecule has 3 saturated heterocycles. The van der Waals surface area contributed by atoms with E-state index in [9.17, 15) is 14.7 Å². The molecule has 270 valence electrons. The number of carbonyl (C=O) groups excluding carboxylic acids is 2. The van der Waals surface area contributed by atoms with E-state index >= 15 is 0 Å². The minimum Gasteiger partial charge on any atom is -0.458 e. The SMILES string of the molecule is CC[C@H]1OC(=O)[C@H](C)[C@@H](C2C[C@@](C)(OC)[C@@H](O)[C@H](C)O2)[C@H](C)[C@@H](C(C)(C)C)[C@](C)(OC)C[C@@H](C)C2=NCCN3C(=O)O[C@@]1(C)[C@H]3[C@H]2C. The van der Waals surface area contributed by atoms with Gasteiger partial charge >= 0.3 is 12.1 Å². The van der Waals surface area contributed by atoms with Crippen LogP contribution in [0.1, 0.15) is 102 Å². The van der Waals surface area contributed by atoms with E-state index in [4.69, 9.17) is 28.7 Å². The number of hydrogen-bond acceptors (Lipinski definition) is 9. The summed E-state index contributed by atoms with van der Waals surface area (Å²) in [6.07, 6.45) is -1.17. The molecular formula is C37H64N2O8. The van der Waals surface area contributed by atoms with Gasteiger partial charge in [-0.05, 0) is 63.7 Å². The minimum atomic E-state index is -1.07. The Morgan fingerprint density at radius 2 is 1.60 bits per heavy atom. The summed E-state index contributed by atoms with van der Waals surface area (Å²) in [6, 6.07) is -0.344. The summed E-state index contributed by atoms with van der Waals surface area (Å²) < 4.78 is 31.8. The fourth-order valence-corrected chi connectivity index (χ4v) is 10.7. The van der Waals surface area contributed by atoms with Gasteiger partial charge in [-0.2, -0.15) is 0 Å². The largest absolute Gasteiger partial charge is 0.458 e. The summed E-state index contributed by atoms with van der Waals surface area (Å²) in [7, 11) is 3.41. The number of cyclic esters (lactones) is 1. The molecule has 1 amide bonds. The van der Waals surface area contributed by atoms with Crippen LogP contribution in [0.25, 0.3) is 0 Å². The van der Waals surface area contributed by atoms with Crippen LogP contribution in [0.4, 0.5) is 4.79 Å². The molecule has 10 heteroatoms. The Bertz CT molecular complexity index is 1190. The number of nitrogens with zero attached hydrogens (tertiary/aromatic N) is 2. The maximum Gasteiger partial charge on any atom is 0.410 e. The Balaban J connectivity index is 1.93. The molecule has 0 radical (unpaired) electrons. The molecule has 4 aliphatic rings. The van der Waals surface area contributed by atoms with E-state index in [0.717, 1.165) is 5.71 Å². The topological polar surface area (TPSA) is 116 Å². The van der Waals surface area contributed by atoms with Crippen molar-refractivity contribution in [1.29, 1.82) is 0 Å². The van der Waals surface area contributed by atoms with Crippen LogP contribution >= 0.6 is 0 Å². The van der Waals surface area contributed by atoms with Gasteiger partial charge in [0.05, 0.1) is 41.9 Å². The zero-order valence-corrected chi connectivity index (χ0v) is 31.6. The zero-order chi connectivity index (χ0) is 35.4. The fraction of sp³-hybridized carbons (Fsp3) is 0.919. The molecule has 1 unspecified atom stereocenters. The lowest BCUT2D eigenvalue weighted by Gasteiger charge is -2.54. The summed E-state index contributed by atoms with van der Waals surface area (Å²) in [5.41, 5.74) is -1.71. The number of aliphatic hydroxyl groups excluding tert-OH is 1. The van der Waals surface area contributed by atoms with Crippen LogP contribution in [-0.2, 0) is 28.5 Å². The third-order valence-corrected chi connectivity index (χ3v) is 12.6. The lowest BCUT2D eigenvalue weighted by Crippen LogP contribution is -2.61. The predicted octanol–water partition coefficient (Wildman–Crippen LogP) is 5.92. The highest BCUT2D eigenvalue weighted by atomic mass is 16.6. The molecule has 1 N–H and O–H groups in total. The first kappa shape index (κ1) is 38.1. The molecule has 10 nitrogen and oxygen atoms in total. The second-order valence-corrected chi connectivity index (χ2v) is 16.9. The van der Waals surface area contributed by atoms with Crippen molar-refractivity contribution in [2.75, 3.05) is 27.3 Å². The smallest absolute Gasteiger partial charge is 0.410 e. The van der Waals surface area contributed by atoms with E-state index in [1.807, 2.05) is 34.6 Å². The van der Waals surface area contributed by atoms with Crippen molar-refractivity contribution in [3.63, 3.8) is 0 Å². The lowest BCUT2D eigenvalue weighted by molar-refractivity contribution is -0.238. The monoisotopic (exact) mass is 664 g/mol. The first-order chi connectivity index (χ1) is 21.7. The van der Waals surface area contributed by atoms with Gasteiger partial charge in [0.2, 0.25) is 0 Å². The second kappa shape index (κ2) is 13.5. The van der Waals surface area contributed by atoms with Gasteiger partial charge in [-0.3, -0.25) is 14.7 Å². The number of hydrogen-bond donors (Lipinski definition) is 1. The average Bonchev–Trinajstić information content (AvgIpc) is 3.11. The number of amides is 1. The predicted molar refractivity (Wildman–Crippen MR) is 181 cm³/mol.